The summed E-state index contributed by atoms with van der Waals surface area (Å²) in [7, 11) is 1.62. The first kappa shape index (κ1) is 15.9. The van der Waals surface area contributed by atoms with E-state index < -0.39 is 0 Å². The summed E-state index contributed by atoms with van der Waals surface area (Å²) in [5.41, 5.74) is 3.32. The molecule has 6 nitrogen and oxygen atoms in total. The van der Waals surface area contributed by atoms with E-state index in [1.165, 1.54) is 0 Å². The van der Waals surface area contributed by atoms with Crippen LogP contribution >= 0.6 is 0 Å². The molecule has 0 aliphatic heterocycles. The highest BCUT2D eigenvalue weighted by Gasteiger charge is 2.13. The molecule has 3 aromatic rings. The predicted molar refractivity (Wildman–Crippen MR) is 92.1 cm³/mol. The minimum atomic E-state index is -0.117. The van der Waals surface area contributed by atoms with Gasteiger partial charge in [0.1, 0.15) is 11.5 Å². The van der Waals surface area contributed by atoms with Crippen LogP contribution in [0.5, 0.6) is 0 Å². The van der Waals surface area contributed by atoms with Crippen molar-refractivity contribution in [1.82, 2.24) is 24.8 Å². The first-order chi connectivity index (χ1) is 11.6. The van der Waals surface area contributed by atoms with E-state index in [0.29, 0.717) is 5.56 Å². The second kappa shape index (κ2) is 6.62. The molecule has 24 heavy (non-hydrogen) atoms. The van der Waals surface area contributed by atoms with E-state index in [0.717, 1.165) is 35.0 Å². The van der Waals surface area contributed by atoms with Gasteiger partial charge in [0.2, 0.25) is 0 Å². The summed E-state index contributed by atoms with van der Waals surface area (Å²) in [6, 6.07) is 7.45. The molecule has 0 bridgehead atoms. The molecule has 0 unspecified atom stereocenters. The molecule has 0 radical (unpaired) electrons. The van der Waals surface area contributed by atoms with Crippen LogP contribution in [-0.4, -0.2) is 32.5 Å². The molecule has 0 spiro atoms. The van der Waals surface area contributed by atoms with Crippen LogP contribution in [0.15, 0.2) is 42.9 Å². The summed E-state index contributed by atoms with van der Waals surface area (Å²) < 4.78 is 1.95. The summed E-state index contributed by atoms with van der Waals surface area (Å²) >= 11 is 0. The van der Waals surface area contributed by atoms with E-state index in [-0.39, 0.29) is 5.91 Å². The van der Waals surface area contributed by atoms with Crippen LogP contribution in [0.3, 0.4) is 0 Å². The van der Waals surface area contributed by atoms with E-state index in [4.69, 9.17) is 0 Å². The lowest BCUT2D eigenvalue weighted by atomic mass is 10.1. The van der Waals surface area contributed by atoms with Gasteiger partial charge >= 0.3 is 0 Å². The Morgan fingerprint density at radius 3 is 2.79 bits per heavy atom. The third-order valence-electron chi connectivity index (χ3n) is 3.85. The summed E-state index contributed by atoms with van der Waals surface area (Å²) in [4.78, 5) is 25.2. The second-order valence-electron chi connectivity index (χ2n) is 5.41. The first-order valence-electron chi connectivity index (χ1n) is 7.82. The summed E-state index contributed by atoms with van der Waals surface area (Å²) in [5, 5.41) is 2.65. The highest BCUT2D eigenvalue weighted by molar-refractivity contribution is 5.94. The fourth-order valence-corrected chi connectivity index (χ4v) is 2.54. The summed E-state index contributed by atoms with van der Waals surface area (Å²) in [6.45, 7) is 4.02. The van der Waals surface area contributed by atoms with Gasteiger partial charge in [-0.05, 0) is 30.7 Å². The number of amides is 1. The van der Waals surface area contributed by atoms with Crippen LogP contribution in [0.4, 0.5) is 0 Å². The van der Waals surface area contributed by atoms with Crippen molar-refractivity contribution in [3.63, 3.8) is 0 Å². The van der Waals surface area contributed by atoms with Crippen molar-refractivity contribution in [3.05, 3.63) is 59.8 Å². The van der Waals surface area contributed by atoms with Crippen LogP contribution in [0, 0.1) is 6.92 Å². The van der Waals surface area contributed by atoms with Gasteiger partial charge in [-0.1, -0.05) is 13.0 Å². The Labute approximate surface area is 140 Å². The zero-order valence-electron chi connectivity index (χ0n) is 13.9. The molecular formula is C18H19N5O. The standard InChI is InChI=1S/C18H19N5O/c1-4-16-20-8-7-14(22-16)17-21-9-10-23(17)15-11-13(18(24)19-3)6-5-12(15)2/h5-11H,4H2,1-3H3,(H,19,24). The molecule has 1 amide bonds. The van der Waals surface area contributed by atoms with Gasteiger partial charge in [-0.3, -0.25) is 9.36 Å². The quantitative estimate of drug-likeness (QED) is 0.801. The largest absolute Gasteiger partial charge is 0.355 e. The maximum Gasteiger partial charge on any atom is 0.251 e. The molecule has 0 atom stereocenters. The van der Waals surface area contributed by atoms with Crippen LogP contribution < -0.4 is 5.32 Å². The van der Waals surface area contributed by atoms with Crippen molar-refractivity contribution >= 4 is 5.91 Å². The SMILES string of the molecule is CCc1nccc(-c2nccn2-c2cc(C(=O)NC)ccc2C)n1. The number of aryl methyl sites for hydroxylation is 2. The Kier molecular flexibility index (Phi) is 4.37. The normalized spacial score (nSPS) is 10.6. The van der Waals surface area contributed by atoms with Crippen LogP contribution in [0.25, 0.3) is 17.2 Å². The van der Waals surface area contributed by atoms with Gasteiger partial charge in [0, 0.05) is 37.6 Å². The average molecular weight is 321 g/mol. The average Bonchev–Trinajstić information content (AvgIpc) is 3.11. The van der Waals surface area contributed by atoms with Gasteiger partial charge in [0.15, 0.2) is 5.82 Å². The number of aromatic nitrogens is 4. The maximum atomic E-state index is 11.9. The van der Waals surface area contributed by atoms with Crippen molar-refractivity contribution in [2.45, 2.75) is 20.3 Å². The zero-order chi connectivity index (χ0) is 17.1. The van der Waals surface area contributed by atoms with Crippen molar-refractivity contribution < 1.29 is 4.79 Å². The minimum absolute atomic E-state index is 0.117. The number of nitrogens with zero attached hydrogens (tertiary/aromatic N) is 4. The van der Waals surface area contributed by atoms with Crippen molar-refractivity contribution in [2.75, 3.05) is 7.05 Å². The zero-order valence-corrected chi connectivity index (χ0v) is 13.9. The van der Waals surface area contributed by atoms with Gasteiger partial charge in [0.05, 0.1) is 5.69 Å². The Hall–Kier alpha value is -3.02. The summed E-state index contributed by atoms with van der Waals surface area (Å²) in [5.74, 6) is 1.38. The molecule has 122 valence electrons. The van der Waals surface area contributed by atoms with Gasteiger partial charge < -0.3 is 5.32 Å². The Morgan fingerprint density at radius 2 is 2.04 bits per heavy atom. The van der Waals surface area contributed by atoms with Gasteiger partial charge in [-0.2, -0.15) is 0 Å². The lowest BCUT2D eigenvalue weighted by molar-refractivity contribution is 0.0963. The maximum absolute atomic E-state index is 11.9. The second-order valence-corrected chi connectivity index (χ2v) is 5.41. The third-order valence-corrected chi connectivity index (χ3v) is 3.85. The number of nitrogens with one attached hydrogen (secondary N) is 1. The monoisotopic (exact) mass is 321 g/mol. The van der Waals surface area contributed by atoms with E-state index >= 15 is 0 Å². The molecule has 6 heteroatoms. The molecular weight excluding hydrogens is 302 g/mol. The number of hydrogen-bond donors (Lipinski definition) is 1. The van der Waals surface area contributed by atoms with E-state index in [2.05, 4.69) is 20.3 Å². The highest BCUT2D eigenvalue weighted by Crippen LogP contribution is 2.23. The lowest BCUT2D eigenvalue weighted by Gasteiger charge is -2.12. The Balaban J connectivity index is 2.12. The smallest absolute Gasteiger partial charge is 0.251 e. The molecule has 1 N–H and O–H groups in total. The van der Waals surface area contributed by atoms with E-state index in [9.17, 15) is 4.79 Å². The summed E-state index contributed by atoms with van der Waals surface area (Å²) in [6.07, 6.45) is 6.11. The Bertz CT molecular complexity index is 885. The predicted octanol–water partition coefficient (Wildman–Crippen LogP) is 2.56. The number of carbonyl (C=O) groups is 1. The number of hydrogen-bond acceptors (Lipinski definition) is 4. The molecule has 0 fully saturated rings. The van der Waals surface area contributed by atoms with Gasteiger partial charge in [0.25, 0.3) is 5.91 Å². The number of rotatable bonds is 4. The van der Waals surface area contributed by atoms with Gasteiger partial charge in [-0.15, -0.1) is 0 Å². The van der Waals surface area contributed by atoms with E-state index in [1.54, 1.807) is 19.4 Å². The molecule has 3 rings (SSSR count). The molecule has 0 saturated heterocycles. The molecule has 0 aliphatic rings. The lowest BCUT2D eigenvalue weighted by Crippen LogP contribution is -2.18. The first-order valence-corrected chi connectivity index (χ1v) is 7.82. The number of imidazole rings is 1. The minimum Gasteiger partial charge on any atom is -0.355 e. The topological polar surface area (TPSA) is 72.7 Å². The third kappa shape index (κ3) is 2.90. The van der Waals surface area contributed by atoms with Crippen molar-refractivity contribution in [3.8, 4) is 17.2 Å². The fourth-order valence-electron chi connectivity index (χ4n) is 2.54. The number of carbonyl (C=O) groups excluding carboxylic acids is 1. The van der Waals surface area contributed by atoms with Crippen molar-refractivity contribution in [2.24, 2.45) is 0 Å². The van der Waals surface area contributed by atoms with Crippen LogP contribution in [-0.2, 0) is 6.42 Å². The van der Waals surface area contributed by atoms with Crippen LogP contribution in [0.1, 0.15) is 28.7 Å². The Morgan fingerprint density at radius 1 is 1.21 bits per heavy atom. The molecule has 1 aromatic carbocycles. The fraction of sp³-hybridized carbons (Fsp3) is 0.222. The highest BCUT2D eigenvalue weighted by atomic mass is 16.1. The van der Waals surface area contributed by atoms with Gasteiger partial charge in [-0.25, -0.2) is 15.0 Å². The number of benzene rings is 1. The van der Waals surface area contributed by atoms with Crippen LogP contribution in [0.2, 0.25) is 0 Å². The molecule has 0 aliphatic carbocycles. The van der Waals surface area contributed by atoms with Crippen molar-refractivity contribution in [1.29, 1.82) is 0 Å². The molecule has 0 saturated carbocycles. The van der Waals surface area contributed by atoms with E-state index in [1.807, 2.05) is 48.9 Å². The molecule has 2 heterocycles. The molecule has 2 aromatic heterocycles.